The van der Waals surface area contributed by atoms with Crippen LogP contribution in [0.3, 0.4) is 0 Å². The van der Waals surface area contributed by atoms with Gasteiger partial charge >= 0.3 is 0 Å². The number of nitrogens with one attached hydrogen (secondary N) is 1. The van der Waals surface area contributed by atoms with E-state index in [4.69, 9.17) is 0 Å². The van der Waals surface area contributed by atoms with E-state index >= 15 is 0 Å². The number of nitrogens with zero attached hydrogens (tertiary/aromatic N) is 2. The van der Waals surface area contributed by atoms with Crippen LogP contribution in [0.4, 0.5) is 0 Å². The number of carbonyl (C=O) groups is 2. The fourth-order valence-corrected chi connectivity index (χ4v) is 4.00. The Kier molecular flexibility index (Phi) is 5.21. The molecule has 140 valence electrons. The van der Waals surface area contributed by atoms with E-state index in [0.717, 1.165) is 39.0 Å². The van der Waals surface area contributed by atoms with E-state index in [2.05, 4.69) is 46.6 Å². The average molecular weight is 363 g/mol. The van der Waals surface area contributed by atoms with Crippen molar-refractivity contribution in [2.24, 2.45) is 0 Å². The Morgan fingerprint density at radius 2 is 1.41 bits per heavy atom. The Bertz CT molecular complexity index is 795. The molecule has 1 saturated heterocycles. The van der Waals surface area contributed by atoms with Crippen molar-refractivity contribution in [1.82, 2.24) is 15.1 Å². The predicted molar refractivity (Wildman–Crippen MR) is 105 cm³/mol. The summed E-state index contributed by atoms with van der Waals surface area (Å²) >= 11 is 0. The maximum atomic E-state index is 12.4. The van der Waals surface area contributed by atoms with E-state index in [1.807, 2.05) is 17.0 Å². The third-order valence-electron chi connectivity index (χ3n) is 5.38. The first-order valence-corrected chi connectivity index (χ1v) is 9.64. The van der Waals surface area contributed by atoms with E-state index < -0.39 is 0 Å². The molecule has 0 unspecified atom stereocenters. The van der Waals surface area contributed by atoms with Crippen molar-refractivity contribution in [3.8, 4) is 11.1 Å². The number of hydrogen-bond acceptors (Lipinski definition) is 3. The van der Waals surface area contributed by atoms with Crippen molar-refractivity contribution in [3.63, 3.8) is 0 Å². The highest BCUT2D eigenvalue weighted by molar-refractivity contribution is 5.85. The molecule has 1 fully saturated rings. The predicted octanol–water partition coefficient (Wildman–Crippen LogP) is 2.41. The second kappa shape index (κ2) is 7.92. The van der Waals surface area contributed by atoms with Gasteiger partial charge in [-0.1, -0.05) is 48.5 Å². The van der Waals surface area contributed by atoms with Gasteiger partial charge in [0.1, 0.15) is 0 Å². The number of carbonyl (C=O) groups excluding carboxylic acids is 2. The Morgan fingerprint density at radius 1 is 0.852 bits per heavy atom. The summed E-state index contributed by atoms with van der Waals surface area (Å²) in [4.78, 5) is 28.5. The summed E-state index contributed by atoms with van der Waals surface area (Å²) in [5.74, 6) is -0.0770. The minimum Gasteiger partial charge on any atom is -0.346 e. The molecule has 0 atom stereocenters. The number of benzene rings is 2. The number of fused-ring (bicyclic) bond motifs is 3. The van der Waals surface area contributed by atoms with Crippen LogP contribution in [0.1, 0.15) is 24.0 Å². The lowest BCUT2D eigenvalue weighted by Crippen LogP contribution is -2.42. The maximum Gasteiger partial charge on any atom is 0.241 e. The summed E-state index contributed by atoms with van der Waals surface area (Å²) in [6.07, 6.45) is 2.12. The molecule has 27 heavy (non-hydrogen) atoms. The zero-order valence-electron chi connectivity index (χ0n) is 15.5. The topological polar surface area (TPSA) is 52.7 Å². The lowest BCUT2D eigenvalue weighted by Gasteiger charge is -2.21. The molecular formula is C22H25N3O2. The maximum absolute atomic E-state index is 12.4. The first-order valence-electron chi connectivity index (χ1n) is 9.64. The summed E-state index contributed by atoms with van der Waals surface area (Å²) in [5, 5.41) is 2.80. The number of hydrogen-bond donors (Lipinski definition) is 1. The Hall–Kier alpha value is -2.66. The average Bonchev–Trinajstić information content (AvgIpc) is 3.17. The summed E-state index contributed by atoms with van der Waals surface area (Å²) in [7, 11) is 0. The van der Waals surface area contributed by atoms with E-state index in [0.29, 0.717) is 0 Å². The van der Waals surface area contributed by atoms with Gasteiger partial charge in [-0.05, 0) is 35.1 Å². The highest BCUT2D eigenvalue weighted by Gasteiger charge is 2.22. The molecule has 0 radical (unpaired) electrons. The molecule has 1 N–H and O–H groups in total. The van der Waals surface area contributed by atoms with E-state index in [-0.39, 0.29) is 24.9 Å². The fraction of sp³-hybridized carbons (Fsp3) is 0.364. The summed E-state index contributed by atoms with van der Waals surface area (Å²) in [6.45, 7) is 3.45. The molecule has 2 aliphatic rings. The molecule has 2 aromatic carbocycles. The van der Waals surface area contributed by atoms with Gasteiger partial charge in [-0.25, -0.2) is 0 Å². The van der Waals surface area contributed by atoms with Gasteiger partial charge in [-0.15, -0.1) is 0 Å². The SMILES string of the molecule is O=C(CN1Cc2ccccc2-c2ccccc2C1)NCC(=O)N1CCCC1. The number of rotatable bonds is 4. The smallest absolute Gasteiger partial charge is 0.241 e. The molecule has 0 aromatic heterocycles. The fourth-order valence-electron chi connectivity index (χ4n) is 4.00. The molecule has 2 aliphatic heterocycles. The van der Waals surface area contributed by atoms with Crippen molar-refractivity contribution in [2.45, 2.75) is 25.9 Å². The van der Waals surface area contributed by atoms with Crippen LogP contribution in [0, 0.1) is 0 Å². The van der Waals surface area contributed by atoms with Crippen molar-refractivity contribution in [3.05, 3.63) is 59.7 Å². The monoisotopic (exact) mass is 363 g/mol. The largest absolute Gasteiger partial charge is 0.346 e. The van der Waals surface area contributed by atoms with Gasteiger partial charge in [0, 0.05) is 26.2 Å². The third kappa shape index (κ3) is 4.03. The van der Waals surface area contributed by atoms with E-state index in [1.54, 1.807) is 0 Å². The molecule has 2 aromatic rings. The molecule has 4 rings (SSSR count). The minimum atomic E-state index is -0.0978. The first kappa shape index (κ1) is 17.7. The highest BCUT2D eigenvalue weighted by atomic mass is 16.2. The third-order valence-corrected chi connectivity index (χ3v) is 5.38. The molecule has 5 heteroatoms. The number of likely N-dealkylation sites (tertiary alicyclic amines) is 1. The van der Waals surface area contributed by atoms with Crippen LogP contribution in [0.5, 0.6) is 0 Å². The van der Waals surface area contributed by atoms with Crippen LogP contribution in [-0.4, -0.2) is 47.8 Å². The standard InChI is InChI=1S/C22H25N3O2/c26-21(23-13-22(27)25-11-5-6-12-25)16-24-14-17-7-1-3-9-19(17)20-10-4-2-8-18(20)15-24/h1-4,7-10H,5-6,11-16H2,(H,23,26). The summed E-state index contributed by atoms with van der Waals surface area (Å²) in [5.41, 5.74) is 4.92. The van der Waals surface area contributed by atoms with Gasteiger partial charge in [-0.2, -0.15) is 0 Å². The highest BCUT2D eigenvalue weighted by Crippen LogP contribution is 2.32. The van der Waals surface area contributed by atoms with Crippen LogP contribution in [0.25, 0.3) is 11.1 Å². The van der Waals surface area contributed by atoms with E-state index in [1.165, 1.54) is 22.3 Å². The van der Waals surface area contributed by atoms with Crippen LogP contribution in [-0.2, 0) is 22.7 Å². The second-order valence-electron chi connectivity index (χ2n) is 7.32. The van der Waals surface area contributed by atoms with Crippen LogP contribution < -0.4 is 5.32 Å². The molecule has 0 saturated carbocycles. The number of amides is 2. The first-order chi connectivity index (χ1) is 13.2. The van der Waals surface area contributed by atoms with E-state index in [9.17, 15) is 9.59 Å². The quantitative estimate of drug-likeness (QED) is 0.908. The Labute approximate surface area is 160 Å². The molecule has 2 heterocycles. The van der Waals surface area contributed by atoms with Crippen LogP contribution >= 0.6 is 0 Å². The Balaban J connectivity index is 1.42. The van der Waals surface area contributed by atoms with Gasteiger partial charge < -0.3 is 10.2 Å². The van der Waals surface area contributed by atoms with Crippen molar-refractivity contribution < 1.29 is 9.59 Å². The lowest BCUT2D eigenvalue weighted by atomic mass is 9.97. The van der Waals surface area contributed by atoms with Gasteiger partial charge in [0.15, 0.2) is 0 Å². The van der Waals surface area contributed by atoms with Crippen LogP contribution in [0.15, 0.2) is 48.5 Å². The molecule has 0 aliphatic carbocycles. The van der Waals surface area contributed by atoms with Crippen LogP contribution in [0.2, 0.25) is 0 Å². The Morgan fingerprint density at radius 3 is 2.00 bits per heavy atom. The molecule has 5 nitrogen and oxygen atoms in total. The van der Waals surface area contributed by atoms with Crippen molar-refractivity contribution >= 4 is 11.8 Å². The van der Waals surface area contributed by atoms with Gasteiger partial charge in [0.25, 0.3) is 0 Å². The normalized spacial score (nSPS) is 16.4. The second-order valence-corrected chi connectivity index (χ2v) is 7.32. The van der Waals surface area contributed by atoms with Crippen molar-refractivity contribution in [1.29, 1.82) is 0 Å². The zero-order valence-corrected chi connectivity index (χ0v) is 15.5. The molecule has 2 amide bonds. The van der Waals surface area contributed by atoms with Gasteiger partial charge in [0.05, 0.1) is 13.1 Å². The molecule has 0 bridgehead atoms. The summed E-state index contributed by atoms with van der Waals surface area (Å²) in [6, 6.07) is 16.7. The zero-order chi connectivity index (χ0) is 18.6. The minimum absolute atomic E-state index is 0.0207. The molecule has 0 spiro atoms. The summed E-state index contributed by atoms with van der Waals surface area (Å²) < 4.78 is 0. The molecular weight excluding hydrogens is 338 g/mol. The van der Waals surface area contributed by atoms with Gasteiger partial charge in [0.2, 0.25) is 11.8 Å². The lowest BCUT2D eigenvalue weighted by molar-refractivity contribution is -0.132. The van der Waals surface area contributed by atoms with Gasteiger partial charge in [-0.3, -0.25) is 14.5 Å². The van der Waals surface area contributed by atoms with Crippen molar-refractivity contribution in [2.75, 3.05) is 26.2 Å².